The molecule has 1 unspecified atom stereocenters. The van der Waals surface area contributed by atoms with Gasteiger partial charge in [-0.25, -0.2) is 0 Å². The summed E-state index contributed by atoms with van der Waals surface area (Å²) in [5.41, 5.74) is 2.03. The second-order valence-corrected chi connectivity index (χ2v) is 7.61. The van der Waals surface area contributed by atoms with E-state index in [0.29, 0.717) is 6.42 Å². The molecule has 0 amide bonds. The molecule has 0 aromatic heterocycles. The summed E-state index contributed by atoms with van der Waals surface area (Å²) in [5.74, 6) is 0. The fourth-order valence-corrected chi connectivity index (χ4v) is 4.78. The summed E-state index contributed by atoms with van der Waals surface area (Å²) in [4.78, 5) is 11.0. The predicted octanol–water partition coefficient (Wildman–Crippen LogP) is 4.41. The SMILES string of the molecule is CC1(Cc2ccccc2[N+](=O)[O-])CCC[C@@]2(C)C1=CCC[C@@H]2O. The Balaban J connectivity index is 1.99. The van der Waals surface area contributed by atoms with Gasteiger partial charge in [-0.1, -0.05) is 50.1 Å². The Morgan fingerprint density at radius 2 is 2.04 bits per heavy atom. The second-order valence-electron chi connectivity index (χ2n) is 7.61. The van der Waals surface area contributed by atoms with Crippen molar-refractivity contribution in [2.45, 2.75) is 58.5 Å². The number of hydrogen-bond donors (Lipinski definition) is 1. The molecule has 1 aromatic rings. The van der Waals surface area contributed by atoms with Crippen LogP contribution in [0.25, 0.3) is 0 Å². The van der Waals surface area contributed by atoms with E-state index in [9.17, 15) is 15.2 Å². The molecule has 0 heterocycles. The quantitative estimate of drug-likeness (QED) is 0.510. The Hall–Kier alpha value is -1.68. The topological polar surface area (TPSA) is 63.4 Å². The normalized spacial score (nSPS) is 33.7. The number of aliphatic hydroxyl groups excluding tert-OH is 1. The van der Waals surface area contributed by atoms with E-state index in [-0.39, 0.29) is 27.5 Å². The van der Waals surface area contributed by atoms with Crippen LogP contribution in [0.2, 0.25) is 0 Å². The highest BCUT2D eigenvalue weighted by Crippen LogP contribution is 2.56. The number of rotatable bonds is 3. The van der Waals surface area contributed by atoms with Crippen molar-refractivity contribution in [1.29, 1.82) is 0 Å². The van der Waals surface area contributed by atoms with Crippen LogP contribution in [0.15, 0.2) is 35.9 Å². The van der Waals surface area contributed by atoms with E-state index in [0.717, 1.165) is 37.7 Å². The van der Waals surface area contributed by atoms with Crippen molar-refractivity contribution in [3.63, 3.8) is 0 Å². The first kappa shape index (κ1) is 16.2. The van der Waals surface area contributed by atoms with Gasteiger partial charge in [0.1, 0.15) is 0 Å². The summed E-state index contributed by atoms with van der Waals surface area (Å²) in [6.45, 7) is 4.38. The van der Waals surface area contributed by atoms with Gasteiger partial charge in [0, 0.05) is 17.0 Å². The van der Waals surface area contributed by atoms with E-state index in [1.165, 1.54) is 5.57 Å². The Kier molecular flexibility index (Phi) is 4.05. The van der Waals surface area contributed by atoms with Crippen LogP contribution >= 0.6 is 0 Å². The van der Waals surface area contributed by atoms with Crippen LogP contribution in [0, 0.1) is 20.9 Å². The first-order valence-electron chi connectivity index (χ1n) is 8.48. The molecule has 0 bridgehead atoms. The van der Waals surface area contributed by atoms with Crippen LogP contribution in [-0.2, 0) is 6.42 Å². The van der Waals surface area contributed by atoms with Gasteiger partial charge in [0.15, 0.2) is 0 Å². The first-order chi connectivity index (χ1) is 10.9. The van der Waals surface area contributed by atoms with Crippen molar-refractivity contribution in [2.24, 2.45) is 10.8 Å². The zero-order chi connectivity index (χ0) is 16.7. The van der Waals surface area contributed by atoms with Crippen molar-refractivity contribution >= 4 is 5.69 Å². The summed E-state index contributed by atoms with van der Waals surface area (Å²) in [7, 11) is 0. The minimum absolute atomic E-state index is 0.111. The Morgan fingerprint density at radius 3 is 2.78 bits per heavy atom. The van der Waals surface area contributed by atoms with E-state index in [1.54, 1.807) is 12.1 Å². The molecule has 23 heavy (non-hydrogen) atoms. The van der Waals surface area contributed by atoms with Crippen LogP contribution < -0.4 is 0 Å². The van der Waals surface area contributed by atoms with E-state index < -0.39 is 0 Å². The van der Waals surface area contributed by atoms with Gasteiger partial charge in [-0.05, 0) is 37.5 Å². The molecule has 1 saturated carbocycles. The maximum Gasteiger partial charge on any atom is 0.272 e. The molecule has 1 aromatic carbocycles. The number of nitrogens with zero attached hydrogens (tertiary/aromatic N) is 1. The summed E-state index contributed by atoms with van der Waals surface area (Å²) in [6.07, 6.45) is 7.47. The Morgan fingerprint density at radius 1 is 1.30 bits per heavy atom. The first-order valence-corrected chi connectivity index (χ1v) is 8.48. The van der Waals surface area contributed by atoms with Crippen molar-refractivity contribution in [3.8, 4) is 0 Å². The smallest absolute Gasteiger partial charge is 0.272 e. The lowest BCUT2D eigenvalue weighted by Crippen LogP contribution is -2.46. The summed E-state index contributed by atoms with van der Waals surface area (Å²) >= 11 is 0. The van der Waals surface area contributed by atoms with Gasteiger partial charge >= 0.3 is 0 Å². The Labute approximate surface area is 137 Å². The minimum atomic E-state index is -0.298. The number of fused-ring (bicyclic) bond motifs is 1. The third-order valence-corrected chi connectivity index (χ3v) is 5.98. The monoisotopic (exact) mass is 315 g/mol. The lowest BCUT2D eigenvalue weighted by Gasteiger charge is -2.52. The summed E-state index contributed by atoms with van der Waals surface area (Å²) < 4.78 is 0. The van der Waals surface area contributed by atoms with Crippen LogP contribution in [0.3, 0.4) is 0 Å². The van der Waals surface area contributed by atoms with Gasteiger partial charge in [-0.3, -0.25) is 10.1 Å². The molecule has 1 N–H and O–H groups in total. The molecule has 1 fully saturated rings. The molecular formula is C19H25NO3. The predicted molar refractivity (Wildman–Crippen MR) is 90.2 cm³/mol. The van der Waals surface area contributed by atoms with Gasteiger partial charge in [0.05, 0.1) is 11.0 Å². The largest absolute Gasteiger partial charge is 0.392 e. The highest BCUT2D eigenvalue weighted by atomic mass is 16.6. The van der Waals surface area contributed by atoms with Gasteiger partial charge in [0.2, 0.25) is 0 Å². The van der Waals surface area contributed by atoms with Crippen molar-refractivity contribution in [2.75, 3.05) is 0 Å². The summed E-state index contributed by atoms with van der Waals surface area (Å²) in [6, 6.07) is 7.05. The highest BCUT2D eigenvalue weighted by Gasteiger charge is 2.49. The molecule has 4 nitrogen and oxygen atoms in total. The molecule has 2 aliphatic carbocycles. The van der Waals surface area contributed by atoms with E-state index >= 15 is 0 Å². The van der Waals surface area contributed by atoms with Crippen LogP contribution in [0.5, 0.6) is 0 Å². The van der Waals surface area contributed by atoms with E-state index in [1.807, 2.05) is 12.1 Å². The molecule has 3 rings (SSSR count). The maximum absolute atomic E-state index is 11.3. The molecule has 0 aliphatic heterocycles. The van der Waals surface area contributed by atoms with Crippen LogP contribution in [0.1, 0.15) is 51.5 Å². The molecule has 0 radical (unpaired) electrons. The standard InChI is InChI=1S/C19H25NO3/c1-18(13-14-7-3-4-8-15(14)20(22)23)11-6-12-19(2)16(18)9-5-10-17(19)21/h3-4,7-9,17,21H,5-6,10-13H2,1-2H3/t17-,18?,19-/m0/s1. The lowest BCUT2D eigenvalue weighted by atomic mass is 9.54. The number of benzene rings is 1. The van der Waals surface area contributed by atoms with Gasteiger partial charge < -0.3 is 5.11 Å². The number of para-hydroxylation sites is 1. The Bertz CT molecular complexity index is 654. The molecule has 124 valence electrons. The molecule has 3 atom stereocenters. The van der Waals surface area contributed by atoms with Crippen LogP contribution in [-0.4, -0.2) is 16.1 Å². The fourth-order valence-electron chi connectivity index (χ4n) is 4.78. The van der Waals surface area contributed by atoms with Gasteiger partial charge in [0.25, 0.3) is 5.69 Å². The van der Waals surface area contributed by atoms with E-state index in [2.05, 4.69) is 19.9 Å². The molecular weight excluding hydrogens is 290 g/mol. The average Bonchev–Trinajstić information content (AvgIpc) is 2.49. The maximum atomic E-state index is 11.3. The zero-order valence-corrected chi connectivity index (χ0v) is 13.9. The third kappa shape index (κ3) is 2.69. The van der Waals surface area contributed by atoms with Crippen molar-refractivity contribution in [1.82, 2.24) is 0 Å². The number of hydrogen-bond acceptors (Lipinski definition) is 3. The second kappa shape index (κ2) is 5.75. The summed E-state index contributed by atoms with van der Waals surface area (Å²) in [5, 5.41) is 21.9. The number of aliphatic hydroxyl groups is 1. The molecule has 0 saturated heterocycles. The third-order valence-electron chi connectivity index (χ3n) is 5.98. The zero-order valence-electron chi connectivity index (χ0n) is 13.9. The molecule has 4 heteroatoms. The van der Waals surface area contributed by atoms with E-state index in [4.69, 9.17) is 0 Å². The number of allylic oxidation sites excluding steroid dienone is 1. The van der Waals surface area contributed by atoms with Crippen molar-refractivity contribution < 1.29 is 10.0 Å². The number of nitro benzene ring substituents is 1. The van der Waals surface area contributed by atoms with Crippen LogP contribution in [0.4, 0.5) is 5.69 Å². The minimum Gasteiger partial charge on any atom is -0.392 e. The fraction of sp³-hybridized carbons (Fsp3) is 0.579. The van der Waals surface area contributed by atoms with Crippen molar-refractivity contribution in [3.05, 3.63) is 51.6 Å². The average molecular weight is 315 g/mol. The number of nitro groups is 1. The molecule has 0 spiro atoms. The lowest BCUT2D eigenvalue weighted by molar-refractivity contribution is -0.385. The van der Waals surface area contributed by atoms with Gasteiger partial charge in [-0.2, -0.15) is 0 Å². The van der Waals surface area contributed by atoms with Gasteiger partial charge in [-0.15, -0.1) is 0 Å². The highest BCUT2D eigenvalue weighted by molar-refractivity contribution is 5.42. The molecule has 2 aliphatic rings.